The highest BCUT2D eigenvalue weighted by atomic mass is 32.2. The van der Waals surface area contributed by atoms with Gasteiger partial charge in [0.2, 0.25) is 0 Å². The smallest absolute Gasteiger partial charge is 0.259 e. The number of hydrogen-bond acceptors (Lipinski definition) is 4. The second-order valence-corrected chi connectivity index (χ2v) is 6.41. The van der Waals surface area contributed by atoms with Crippen molar-refractivity contribution in [3.8, 4) is 0 Å². The number of thioether (sulfide) groups is 1. The van der Waals surface area contributed by atoms with Crippen LogP contribution in [0.5, 0.6) is 0 Å². The monoisotopic (exact) mass is 311 g/mol. The Hall–Kier alpha value is -1.34. The first kappa shape index (κ1) is 15.1. The van der Waals surface area contributed by atoms with Gasteiger partial charge in [-0.25, -0.2) is 0 Å². The summed E-state index contributed by atoms with van der Waals surface area (Å²) in [7, 11) is 0. The van der Waals surface area contributed by atoms with E-state index >= 15 is 0 Å². The number of nitrogens with zero attached hydrogens (tertiary/aromatic N) is 1. The van der Waals surface area contributed by atoms with Gasteiger partial charge >= 0.3 is 0 Å². The van der Waals surface area contributed by atoms with E-state index in [0.717, 1.165) is 12.8 Å². The lowest BCUT2D eigenvalue weighted by atomic mass is 9.95. The summed E-state index contributed by atoms with van der Waals surface area (Å²) in [5.74, 6) is -0.232. The summed E-state index contributed by atoms with van der Waals surface area (Å²) in [4.78, 5) is 29.0. The summed E-state index contributed by atoms with van der Waals surface area (Å²) in [5, 5.41) is 0. The molecular weight excluding hydrogens is 294 g/mol. The zero-order valence-corrected chi connectivity index (χ0v) is 12.9. The first-order valence-electron chi connectivity index (χ1n) is 6.31. The molecule has 1 aliphatic rings. The summed E-state index contributed by atoms with van der Waals surface area (Å²) in [6.45, 7) is 1.12. The third kappa shape index (κ3) is 2.73. The second-order valence-electron chi connectivity index (χ2n) is 4.78. The summed E-state index contributed by atoms with van der Waals surface area (Å²) in [5.41, 5.74) is 5.74. The number of carbonyl (C=O) groups is 1. The van der Waals surface area contributed by atoms with E-state index < -0.39 is 0 Å². The van der Waals surface area contributed by atoms with E-state index in [2.05, 4.69) is 4.98 Å². The van der Waals surface area contributed by atoms with Gasteiger partial charge in [0.1, 0.15) is 5.56 Å². The Morgan fingerprint density at radius 2 is 2.15 bits per heavy atom. The van der Waals surface area contributed by atoms with Gasteiger partial charge in [-0.2, -0.15) is 11.8 Å². The van der Waals surface area contributed by atoms with Crippen molar-refractivity contribution in [3.05, 3.63) is 34.2 Å². The van der Waals surface area contributed by atoms with Crippen LogP contribution in [0.2, 0.25) is 0 Å². The Bertz CT molecular complexity index is 577. The van der Waals surface area contributed by atoms with Gasteiger partial charge in [0.25, 0.3) is 5.91 Å². The Morgan fingerprint density at radius 3 is 2.65 bits per heavy atom. The van der Waals surface area contributed by atoms with Crippen molar-refractivity contribution in [1.29, 1.82) is 0 Å². The molecule has 0 aromatic carbocycles. The topological polar surface area (TPSA) is 79.2 Å². The molecule has 3 N–H and O–H groups in total. The number of hydrogen-bond donors (Lipinski definition) is 2. The number of thiocarbonyl (C=S) groups is 1. The van der Waals surface area contributed by atoms with Crippen LogP contribution in [0.25, 0.3) is 0 Å². The standard InChI is InChI=1S/C13H17N3O2S2/c1-20-13(12(14)19)3-6-16(7-4-13)11(18)9-8-15-5-2-10(9)17/h2,5,8H,3-4,6-7H2,1H3,(H2,14,19)(H,15,17). The number of aromatic amines is 1. The molecule has 1 aromatic rings. The maximum Gasteiger partial charge on any atom is 0.259 e. The van der Waals surface area contributed by atoms with Crippen molar-refractivity contribution in [2.24, 2.45) is 5.73 Å². The summed E-state index contributed by atoms with van der Waals surface area (Å²) in [6.07, 6.45) is 6.40. The average molecular weight is 311 g/mol. The van der Waals surface area contributed by atoms with Crippen LogP contribution in [0.15, 0.2) is 23.3 Å². The van der Waals surface area contributed by atoms with Crippen molar-refractivity contribution in [2.45, 2.75) is 17.6 Å². The van der Waals surface area contributed by atoms with E-state index in [9.17, 15) is 9.59 Å². The minimum Gasteiger partial charge on any atom is -0.392 e. The van der Waals surface area contributed by atoms with Crippen molar-refractivity contribution in [3.63, 3.8) is 0 Å². The minimum absolute atomic E-state index is 0.180. The average Bonchev–Trinajstić information content (AvgIpc) is 2.47. The fourth-order valence-electron chi connectivity index (χ4n) is 2.38. The van der Waals surface area contributed by atoms with E-state index in [1.54, 1.807) is 16.7 Å². The van der Waals surface area contributed by atoms with Crippen LogP contribution >= 0.6 is 24.0 Å². The van der Waals surface area contributed by atoms with E-state index in [1.165, 1.54) is 18.5 Å². The molecule has 20 heavy (non-hydrogen) atoms. The number of H-pyrrole nitrogens is 1. The molecule has 0 saturated carbocycles. The second kappa shape index (κ2) is 5.97. The number of amides is 1. The van der Waals surface area contributed by atoms with Crippen LogP contribution in [0.4, 0.5) is 0 Å². The lowest BCUT2D eigenvalue weighted by molar-refractivity contribution is 0.0717. The van der Waals surface area contributed by atoms with Gasteiger partial charge in [-0.05, 0) is 19.1 Å². The van der Waals surface area contributed by atoms with E-state index in [1.807, 2.05) is 6.26 Å². The molecule has 0 bridgehead atoms. The Kier molecular flexibility index (Phi) is 4.49. The molecule has 108 valence electrons. The molecule has 2 heterocycles. The maximum absolute atomic E-state index is 12.3. The highest BCUT2D eigenvalue weighted by Crippen LogP contribution is 2.35. The Labute approximate surface area is 126 Å². The number of carbonyl (C=O) groups excluding carboxylic acids is 1. The van der Waals surface area contributed by atoms with Crippen LogP contribution in [-0.2, 0) is 0 Å². The fourth-order valence-corrected chi connectivity index (χ4v) is 3.62. The van der Waals surface area contributed by atoms with Gasteiger partial charge in [0, 0.05) is 31.5 Å². The zero-order chi connectivity index (χ0) is 14.8. The van der Waals surface area contributed by atoms with Gasteiger partial charge in [0.05, 0.1) is 9.74 Å². The first-order chi connectivity index (χ1) is 9.50. The number of rotatable bonds is 3. The van der Waals surface area contributed by atoms with Gasteiger partial charge in [-0.1, -0.05) is 12.2 Å². The zero-order valence-electron chi connectivity index (χ0n) is 11.2. The summed E-state index contributed by atoms with van der Waals surface area (Å²) < 4.78 is -0.227. The fraction of sp³-hybridized carbons (Fsp3) is 0.462. The molecule has 1 saturated heterocycles. The highest BCUT2D eigenvalue weighted by molar-refractivity contribution is 8.02. The van der Waals surface area contributed by atoms with Gasteiger partial charge < -0.3 is 15.6 Å². The molecule has 2 rings (SSSR count). The molecule has 0 unspecified atom stereocenters. The van der Waals surface area contributed by atoms with Crippen LogP contribution < -0.4 is 11.2 Å². The number of pyridine rings is 1. The summed E-state index contributed by atoms with van der Waals surface area (Å²) >= 11 is 6.79. The number of nitrogens with two attached hydrogens (primary N) is 1. The molecule has 0 atom stereocenters. The van der Waals surface area contributed by atoms with Crippen LogP contribution in [0.3, 0.4) is 0 Å². The van der Waals surface area contributed by atoms with Gasteiger partial charge in [0.15, 0.2) is 5.43 Å². The van der Waals surface area contributed by atoms with Crippen molar-refractivity contribution >= 4 is 34.9 Å². The lowest BCUT2D eigenvalue weighted by Gasteiger charge is -2.39. The Morgan fingerprint density at radius 1 is 1.50 bits per heavy atom. The van der Waals surface area contributed by atoms with Gasteiger partial charge in [-0.15, -0.1) is 0 Å². The Balaban J connectivity index is 2.12. The molecule has 0 spiro atoms. The molecule has 1 amide bonds. The molecule has 5 nitrogen and oxygen atoms in total. The minimum atomic E-state index is -0.259. The third-order valence-corrected chi connectivity index (χ3v) is 5.68. The predicted molar refractivity (Wildman–Crippen MR) is 85.2 cm³/mol. The summed E-state index contributed by atoms with van der Waals surface area (Å²) in [6, 6.07) is 1.36. The van der Waals surface area contributed by atoms with Crippen LogP contribution in [0, 0.1) is 0 Å². The third-order valence-electron chi connectivity index (χ3n) is 3.75. The number of aromatic nitrogens is 1. The lowest BCUT2D eigenvalue weighted by Crippen LogP contribution is -2.51. The number of nitrogens with one attached hydrogen (secondary N) is 1. The van der Waals surface area contributed by atoms with Crippen molar-refractivity contribution in [2.75, 3.05) is 19.3 Å². The van der Waals surface area contributed by atoms with E-state index in [-0.39, 0.29) is 21.6 Å². The van der Waals surface area contributed by atoms with E-state index in [0.29, 0.717) is 18.1 Å². The SMILES string of the molecule is CSC1(C(N)=S)CCN(C(=O)c2c[nH]ccc2=O)CC1. The molecule has 1 aliphatic heterocycles. The molecule has 0 aliphatic carbocycles. The molecular formula is C13H17N3O2S2. The van der Waals surface area contributed by atoms with Crippen molar-refractivity contribution < 1.29 is 4.79 Å². The quantitative estimate of drug-likeness (QED) is 0.814. The van der Waals surface area contributed by atoms with Gasteiger partial charge in [-0.3, -0.25) is 9.59 Å². The van der Waals surface area contributed by atoms with E-state index in [4.69, 9.17) is 18.0 Å². The van der Waals surface area contributed by atoms with Crippen LogP contribution in [0.1, 0.15) is 23.2 Å². The number of likely N-dealkylation sites (tertiary alicyclic amines) is 1. The molecule has 7 heteroatoms. The normalized spacial score (nSPS) is 17.8. The van der Waals surface area contributed by atoms with Crippen molar-refractivity contribution in [1.82, 2.24) is 9.88 Å². The first-order valence-corrected chi connectivity index (χ1v) is 7.95. The number of piperidine rings is 1. The predicted octanol–water partition coefficient (Wildman–Crippen LogP) is 0.999. The molecule has 0 radical (unpaired) electrons. The molecule has 1 aromatic heterocycles. The largest absolute Gasteiger partial charge is 0.392 e. The highest BCUT2D eigenvalue weighted by Gasteiger charge is 2.38. The molecule has 1 fully saturated rings. The van der Waals surface area contributed by atoms with Crippen LogP contribution in [-0.4, -0.2) is 44.9 Å². The maximum atomic E-state index is 12.3.